The Balaban J connectivity index is 1.34. The summed E-state index contributed by atoms with van der Waals surface area (Å²) in [5.41, 5.74) is 0.173. The van der Waals surface area contributed by atoms with E-state index in [2.05, 4.69) is 10.2 Å². The van der Waals surface area contributed by atoms with E-state index in [1.165, 1.54) is 13.8 Å². The molecule has 1 aromatic rings. The highest BCUT2D eigenvalue weighted by Crippen LogP contribution is 2.64. The number of carbonyl (C=O) groups excluding carboxylic acids is 3. The van der Waals surface area contributed by atoms with Gasteiger partial charge in [-0.05, 0) is 58.3 Å². The number of carbonyl (C=O) groups is 4. The van der Waals surface area contributed by atoms with Crippen molar-refractivity contribution in [2.75, 3.05) is 13.6 Å². The van der Waals surface area contributed by atoms with Crippen LogP contribution in [-0.2, 0) is 47.1 Å². The number of hydrogen-bond donors (Lipinski definition) is 5. The third-order valence-corrected chi connectivity index (χ3v) is 9.11. The SMILES string of the molecule is C[C@H](NC(=O)[C@H](C)OC(=O)C[C@H](O)C(=O)OC1=CC[C@@]2(O)[C@H]3Cc4ccc(CO)c5c4[C@@]2(CCCN3C)[C@H]1O5)C(=O)O. The Hall–Kier alpha value is -3.52. The summed E-state index contributed by atoms with van der Waals surface area (Å²) < 4.78 is 17.0. The second-order valence-corrected chi connectivity index (χ2v) is 11.6. The Kier molecular flexibility index (Phi) is 7.81. The van der Waals surface area contributed by atoms with E-state index in [4.69, 9.17) is 19.3 Å². The molecule has 42 heavy (non-hydrogen) atoms. The van der Waals surface area contributed by atoms with Gasteiger partial charge in [0.25, 0.3) is 5.91 Å². The lowest BCUT2D eigenvalue weighted by atomic mass is 9.52. The lowest BCUT2D eigenvalue weighted by Crippen LogP contribution is -2.69. The molecular weight excluding hydrogens is 552 g/mol. The molecule has 0 unspecified atom stereocenters. The molecule has 13 heteroatoms. The highest BCUT2D eigenvalue weighted by molar-refractivity contribution is 5.88. The number of benzene rings is 1. The Morgan fingerprint density at radius 3 is 2.67 bits per heavy atom. The van der Waals surface area contributed by atoms with Crippen LogP contribution in [0.25, 0.3) is 0 Å². The summed E-state index contributed by atoms with van der Waals surface area (Å²) in [7, 11) is 1.98. The largest absolute Gasteiger partial charge is 0.481 e. The molecule has 1 aromatic carbocycles. The molecule has 5 N–H and O–H groups in total. The van der Waals surface area contributed by atoms with Crippen molar-refractivity contribution < 1.29 is 53.8 Å². The second-order valence-electron chi connectivity index (χ2n) is 11.6. The fourth-order valence-corrected chi connectivity index (χ4v) is 7.00. The predicted molar refractivity (Wildman–Crippen MR) is 143 cm³/mol. The number of likely N-dealkylation sites (tertiary alicyclic amines) is 1. The van der Waals surface area contributed by atoms with Crippen LogP contribution in [0.3, 0.4) is 0 Å². The molecule has 0 radical (unpaired) electrons. The van der Waals surface area contributed by atoms with Crippen LogP contribution < -0.4 is 10.1 Å². The van der Waals surface area contributed by atoms with Crippen LogP contribution in [0.5, 0.6) is 5.75 Å². The van der Waals surface area contributed by atoms with Gasteiger partial charge in [0, 0.05) is 23.6 Å². The van der Waals surface area contributed by atoms with Gasteiger partial charge in [0.05, 0.1) is 24.0 Å². The zero-order valence-electron chi connectivity index (χ0n) is 23.7. The molecule has 228 valence electrons. The molecule has 2 aliphatic carbocycles. The van der Waals surface area contributed by atoms with Gasteiger partial charge in [0.1, 0.15) is 17.6 Å². The summed E-state index contributed by atoms with van der Waals surface area (Å²) in [6.07, 6.45) is -1.41. The maximum Gasteiger partial charge on any atom is 0.340 e. The van der Waals surface area contributed by atoms with E-state index < -0.39 is 65.6 Å². The number of esters is 2. The van der Waals surface area contributed by atoms with E-state index in [1.54, 1.807) is 12.1 Å². The van der Waals surface area contributed by atoms with Crippen LogP contribution >= 0.6 is 0 Å². The maximum absolute atomic E-state index is 13.0. The fraction of sp³-hybridized carbons (Fsp3) is 0.586. The van der Waals surface area contributed by atoms with Crippen molar-refractivity contribution in [2.24, 2.45) is 0 Å². The van der Waals surface area contributed by atoms with Gasteiger partial charge in [0.2, 0.25) is 0 Å². The summed E-state index contributed by atoms with van der Waals surface area (Å²) in [6, 6.07) is 2.32. The van der Waals surface area contributed by atoms with Crippen LogP contribution in [0.1, 0.15) is 56.2 Å². The predicted octanol–water partition coefficient (Wildman–Crippen LogP) is -0.338. The van der Waals surface area contributed by atoms with Gasteiger partial charge in [-0.3, -0.25) is 14.4 Å². The first-order chi connectivity index (χ1) is 19.8. The number of nitrogens with one attached hydrogen (secondary N) is 1. The van der Waals surface area contributed by atoms with Gasteiger partial charge in [-0.25, -0.2) is 4.79 Å². The van der Waals surface area contributed by atoms with Gasteiger partial charge < -0.3 is 44.9 Å². The highest BCUT2D eigenvalue weighted by atomic mass is 16.6. The zero-order valence-corrected chi connectivity index (χ0v) is 23.7. The average molecular weight is 589 g/mol. The number of amides is 1. The quantitative estimate of drug-likeness (QED) is 0.236. The van der Waals surface area contributed by atoms with Gasteiger partial charge >= 0.3 is 17.9 Å². The number of hydrogen-bond acceptors (Lipinski definition) is 11. The number of nitrogens with zero attached hydrogens (tertiary/aromatic N) is 1. The standard InChI is InChI=1S/C29H36N2O11/c1-14(26(36)37)30-25(35)15(2)40-21(34)12-18(33)27(38)41-19-7-9-29(39)20-11-16-5-6-17(13-32)23-22(16)28(29,24(19)42-23)8-4-10-31(20)3/h5-7,14-15,18,20,24,32-33,39H,4,8-13H2,1-3H3,(H,30,35)(H,36,37)/t14-,15-,18-,20+,24-,28-,29+/m0/s1. The molecule has 0 aromatic heterocycles. The number of carboxylic acids is 1. The average Bonchev–Trinajstić information content (AvgIpc) is 3.27. The molecular formula is C29H36N2O11. The topological polar surface area (TPSA) is 192 Å². The summed E-state index contributed by atoms with van der Waals surface area (Å²) in [4.78, 5) is 50.5. The summed E-state index contributed by atoms with van der Waals surface area (Å²) >= 11 is 0. The van der Waals surface area contributed by atoms with Crippen molar-refractivity contribution in [2.45, 2.75) is 94.0 Å². The summed E-state index contributed by atoms with van der Waals surface area (Å²) in [5.74, 6) is -3.76. The van der Waals surface area contributed by atoms with E-state index in [0.717, 1.165) is 24.1 Å². The van der Waals surface area contributed by atoms with Crippen molar-refractivity contribution in [1.29, 1.82) is 0 Å². The van der Waals surface area contributed by atoms with Crippen molar-refractivity contribution in [1.82, 2.24) is 10.2 Å². The minimum absolute atomic E-state index is 0.101. The lowest BCUT2D eigenvalue weighted by molar-refractivity contribution is -0.165. The molecule has 1 spiro atoms. The molecule has 1 amide bonds. The van der Waals surface area contributed by atoms with E-state index >= 15 is 0 Å². The molecule has 4 aliphatic rings. The third kappa shape index (κ3) is 4.64. The monoisotopic (exact) mass is 588 g/mol. The first-order valence-electron chi connectivity index (χ1n) is 14.0. The Morgan fingerprint density at radius 2 is 1.98 bits per heavy atom. The Labute approximate surface area is 242 Å². The van der Waals surface area contributed by atoms with Crippen LogP contribution in [0.2, 0.25) is 0 Å². The number of ether oxygens (including phenoxy) is 3. The van der Waals surface area contributed by atoms with Gasteiger partial charge in [0.15, 0.2) is 18.3 Å². The van der Waals surface area contributed by atoms with Crippen molar-refractivity contribution in [3.63, 3.8) is 0 Å². The maximum atomic E-state index is 13.0. The molecule has 1 saturated heterocycles. The van der Waals surface area contributed by atoms with E-state index in [0.29, 0.717) is 24.2 Å². The number of rotatable bonds is 9. The van der Waals surface area contributed by atoms with E-state index in [1.807, 2.05) is 13.1 Å². The summed E-state index contributed by atoms with van der Waals surface area (Å²) in [6.45, 7) is 2.94. The molecule has 7 atom stereocenters. The third-order valence-electron chi connectivity index (χ3n) is 9.11. The van der Waals surface area contributed by atoms with Crippen LogP contribution in [0, 0.1) is 0 Å². The Bertz CT molecular complexity index is 1340. The minimum Gasteiger partial charge on any atom is -0.481 e. The second kappa shape index (κ2) is 11.0. The van der Waals surface area contributed by atoms with Crippen molar-refractivity contribution in [3.8, 4) is 5.75 Å². The van der Waals surface area contributed by atoms with E-state index in [9.17, 15) is 34.5 Å². The van der Waals surface area contributed by atoms with Gasteiger partial charge in [-0.15, -0.1) is 0 Å². The van der Waals surface area contributed by atoms with Crippen LogP contribution in [0.4, 0.5) is 0 Å². The van der Waals surface area contributed by atoms with E-state index in [-0.39, 0.29) is 24.8 Å². The van der Waals surface area contributed by atoms with Crippen LogP contribution in [0.15, 0.2) is 24.0 Å². The Morgan fingerprint density at radius 1 is 1.24 bits per heavy atom. The van der Waals surface area contributed by atoms with Crippen molar-refractivity contribution in [3.05, 3.63) is 40.7 Å². The number of aliphatic hydroxyl groups excluding tert-OH is 2. The molecule has 5 rings (SSSR count). The normalized spacial score (nSPS) is 29.5. The molecule has 13 nitrogen and oxygen atoms in total. The number of carboxylic acid groups (broad SMARTS) is 1. The smallest absolute Gasteiger partial charge is 0.340 e. The van der Waals surface area contributed by atoms with Gasteiger partial charge in [-0.2, -0.15) is 0 Å². The highest BCUT2D eigenvalue weighted by Gasteiger charge is 2.70. The molecule has 2 bridgehead atoms. The molecule has 1 fully saturated rings. The van der Waals surface area contributed by atoms with Gasteiger partial charge in [-0.1, -0.05) is 12.1 Å². The van der Waals surface area contributed by atoms with Crippen molar-refractivity contribution >= 4 is 23.8 Å². The first kappa shape index (κ1) is 30.0. The molecule has 0 saturated carbocycles. The number of aliphatic carboxylic acids is 1. The first-order valence-corrected chi connectivity index (χ1v) is 14.0. The fourth-order valence-electron chi connectivity index (χ4n) is 7.00. The number of aliphatic hydroxyl groups is 3. The molecule has 2 heterocycles. The lowest BCUT2D eigenvalue weighted by Gasteiger charge is -2.56. The minimum atomic E-state index is -1.93. The number of likely N-dealkylation sites (N-methyl/N-ethyl adjacent to an activating group) is 1. The zero-order chi connectivity index (χ0) is 30.6. The summed E-state index contributed by atoms with van der Waals surface area (Å²) in [5, 5.41) is 44.0. The molecule has 2 aliphatic heterocycles. The van der Waals surface area contributed by atoms with Crippen LogP contribution in [-0.4, -0.2) is 98.7 Å².